The molecule has 3 heteroatoms. The number of unbranched alkanes of at least 4 members (excludes halogenated alkanes) is 1. The lowest BCUT2D eigenvalue weighted by Crippen LogP contribution is -2.35. The van der Waals surface area contributed by atoms with E-state index in [2.05, 4.69) is 34.6 Å². The molecule has 1 aromatic heterocycles. The van der Waals surface area contributed by atoms with Gasteiger partial charge in [0.15, 0.2) is 0 Å². The summed E-state index contributed by atoms with van der Waals surface area (Å²) in [5.74, 6) is 0.223. The summed E-state index contributed by atoms with van der Waals surface area (Å²) < 4.78 is 5.58. The SMILES string of the molecule is CCCCC1(c2cc(O)c3cc(C)c(=O)oc3c2)CCC(C)(C)CC(C)(C)CC1. The summed E-state index contributed by atoms with van der Waals surface area (Å²) in [4.78, 5) is 12.1. The second-order valence-corrected chi connectivity index (χ2v) is 11.0. The molecule has 1 aliphatic rings. The van der Waals surface area contributed by atoms with Gasteiger partial charge in [0, 0.05) is 5.56 Å². The number of fused-ring (bicyclic) bond motifs is 1. The summed E-state index contributed by atoms with van der Waals surface area (Å²) >= 11 is 0. The van der Waals surface area contributed by atoms with E-state index in [1.807, 2.05) is 12.1 Å². The van der Waals surface area contributed by atoms with Gasteiger partial charge in [-0.05, 0) is 85.5 Å². The molecule has 0 spiro atoms. The van der Waals surface area contributed by atoms with Gasteiger partial charge in [0.1, 0.15) is 11.3 Å². The van der Waals surface area contributed by atoms with Gasteiger partial charge in [0.2, 0.25) is 0 Å². The molecule has 29 heavy (non-hydrogen) atoms. The maximum atomic E-state index is 12.1. The van der Waals surface area contributed by atoms with Crippen molar-refractivity contribution < 1.29 is 9.52 Å². The molecule has 3 nitrogen and oxygen atoms in total. The number of phenols is 1. The molecule has 1 fully saturated rings. The smallest absolute Gasteiger partial charge is 0.339 e. The van der Waals surface area contributed by atoms with Gasteiger partial charge in [-0.15, -0.1) is 0 Å². The molecular weight excluding hydrogens is 360 g/mol. The minimum Gasteiger partial charge on any atom is -0.507 e. The van der Waals surface area contributed by atoms with E-state index >= 15 is 0 Å². The third-order valence-corrected chi connectivity index (χ3v) is 7.14. The van der Waals surface area contributed by atoms with Crippen molar-refractivity contribution in [3.63, 3.8) is 0 Å². The normalized spacial score (nSPS) is 20.9. The Labute approximate surface area is 175 Å². The second-order valence-electron chi connectivity index (χ2n) is 11.0. The highest BCUT2D eigenvalue weighted by Crippen LogP contribution is 2.51. The molecule has 0 unspecified atom stereocenters. The minimum absolute atomic E-state index is 0.0140. The number of aryl methyl sites for hydroxylation is 1. The molecule has 0 atom stereocenters. The molecular formula is C26H38O3. The minimum atomic E-state index is -0.323. The van der Waals surface area contributed by atoms with Crippen molar-refractivity contribution >= 4 is 11.0 Å². The number of benzene rings is 1. The van der Waals surface area contributed by atoms with Crippen LogP contribution in [0.25, 0.3) is 11.0 Å². The average Bonchev–Trinajstić information content (AvgIpc) is 2.61. The van der Waals surface area contributed by atoms with Crippen LogP contribution in [0.3, 0.4) is 0 Å². The fourth-order valence-corrected chi connectivity index (χ4v) is 5.55. The van der Waals surface area contributed by atoms with Crippen molar-refractivity contribution in [2.75, 3.05) is 0 Å². The number of phenolic OH excluding ortho intramolecular Hbond substituents is 1. The first-order chi connectivity index (χ1) is 13.5. The monoisotopic (exact) mass is 398 g/mol. The standard InChI is InChI=1S/C26H38O3/c1-7-8-9-26(12-10-24(3,4)17-25(5,6)11-13-26)19-15-21(27)20-14-18(2)23(28)29-22(20)16-19/h14-16,27H,7-13,17H2,1-6H3. The van der Waals surface area contributed by atoms with Crippen molar-refractivity contribution in [3.05, 3.63) is 39.7 Å². The van der Waals surface area contributed by atoms with Crippen LogP contribution < -0.4 is 5.63 Å². The van der Waals surface area contributed by atoms with Gasteiger partial charge in [0.25, 0.3) is 0 Å². The Bertz CT molecular complexity index is 915. The number of hydrogen-bond donors (Lipinski definition) is 1. The number of hydrogen-bond acceptors (Lipinski definition) is 3. The van der Waals surface area contributed by atoms with E-state index in [4.69, 9.17) is 4.42 Å². The summed E-state index contributed by atoms with van der Waals surface area (Å²) in [6, 6.07) is 5.72. The molecule has 1 aliphatic carbocycles. The van der Waals surface area contributed by atoms with E-state index in [9.17, 15) is 9.90 Å². The first kappa shape index (κ1) is 21.9. The van der Waals surface area contributed by atoms with E-state index in [1.165, 1.54) is 6.42 Å². The van der Waals surface area contributed by atoms with Gasteiger partial charge in [-0.25, -0.2) is 4.79 Å². The van der Waals surface area contributed by atoms with Crippen molar-refractivity contribution in [3.8, 4) is 5.75 Å². The van der Waals surface area contributed by atoms with Crippen LogP contribution in [0.5, 0.6) is 5.75 Å². The van der Waals surface area contributed by atoms with Crippen molar-refractivity contribution in [1.29, 1.82) is 0 Å². The Morgan fingerprint density at radius 3 is 2.21 bits per heavy atom. The van der Waals surface area contributed by atoms with Crippen LogP contribution in [0.15, 0.2) is 27.4 Å². The first-order valence-corrected chi connectivity index (χ1v) is 11.3. The molecule has 1 heterocycles. The highest BCUT2D eigenvalue weighted by Gasteiger charge is 2.40. The fraction of sp³-hybridized carbons (Fsp3) is 0.654. The average molecular weight is 399 g/mol. The third kappa shape index (κ3) is 4.70. The molecule has 0 saturated heterocycles. The molecule has 0 aliphatic heterocycles. The van der Waals surface area contributed by atoms with E-state index in [-0.39, 0.29) is 16.8 Å². The quantitative estimate of drug-likeness (QED) is 0.552. The van der Waals surface area contributed by atoms with E-state index in [0.29, 0.717) is 27.4 Å². The van der Waals surface area contributed by atoms with Crippen molar-refractivity contribution in [1.82, 2.24) is 0 Å². The Hall–Kier alpha value is -1.77. The van der Waals surface area contributed by atoms with Crippen LogP contribution in [0.1, 0.15) is 97.1 Å². The second kappa shape index (κ2) is 7.81. The highest BCUT2D eigenvalue weighted by atomic mass is 16.4. The van der Waals surface area contributed by atoms with Crippen LogP contribution in [-0.4, -0.2) is 5.11 Å². The van der Waals surface area contributed by atoms with Gasteiger partial charge in [-0.3, -0.25) is 0 Å². The Kier molecular flexibility index (Phi) is 5.91. The molecule has 0 radical (unpaired) electrons. The predicted molar refractivity (Wildman–Crippen MR) is 121 cm³/mol. The Morgan fingerprint density at radius 1 is 1.00 bits per heavy atom. The first-order valence-electron chi connectivity index (χ1n) is 11.3. The van der Waals surface area contributed by atoms with Crippen molar-refractivity contribution in [2.24, 2.45) is 10.8 Å². The zero-order valence-corrected chi connectivity index (χ0v) is 19.2. The number of aromatic hydroxyl groups is 1. The van der Waals surface area contributed by atoms with Gasteiger partial charge in [0.05, 0.1) is 5.39 Å². The predicted octanol–water partition coefficient (Wildman–Crippen LogP) is 7.25. The van der Waals surface area contributed by atoms with Crippen LogP contribution >= 0.6 is 0 Å². The van der Waals surface area contributed by atoms with Crippen LogP contribution in [0, 0.1) is 17.8 Å². The van der Waals surface area contributed by atoms with E-state index in [1.54, 1.807) is 13.0 Å². The molecule has 2 aromatic rings. The lowest BCUT2D eigenvalue weighted by molar-refractivity contribution is 0.108. The van der Waals surface area contributed by atoms with Gasteiger partial charge in [-0.1, -0.05) is 47.5 Å². The Balaban J connectivity index is 2.14. The van der Waals surface area contributed by atoms with Crippen LogP contribution in [-0.2, 0) is 5.41 Å². The fourth-order valence-electron chi connectivity index (χ4n) is 5.55. The third-order valence-electron chi connectivity index (χ3n) is 7.14. The highest BCUT2D eigenvalue weighted by molar-refractivity contribution is 5.84. The summed E-state index contributed by atoms with van der Waals surface area (Å²) in [5, 5.41) is 11.4. The summed E-state index contributed by atoms with van der Waals surface area (Å²) in [6.45, 7) is 13.5. The molecule has 160 valence electrons. The van der Waals surface area contributed by atoms with Gasteiger partial charge < -0.3 is 9.52 Å². The molecule has 0 amide bonds. The molecule has 1 N–H and O–H groups in total. The largest absolute Gasteiger partial charge is 0.507 e. The van der Waals surface area contributed by atoms with Crippen molar-refractivity contribution in [2.45, 2.75) is 98.3 Å². The molecule has 1 aromatic carbocycles. The lowest BCUT2D eigenvalue weighted by atomic mass is 9.59. The maximum Gasteiger partial charge on any atom is 0.339 e. The van der Waals surface area contributed by atoms with Gasteiger partial charge in [-0.2, -0.15) is 0 Å². The summed E-state index contributed by atoms with van der Waals surface area (Å²) in [6.07, 6.45) is 9.21. The molecule has 0 bridgehead atoms. The van der Waals surface area contributed by atoms with Crippen LogP contribution in [0.2, 0.25) is 0 Å². The summed E-state index contributed by atoms with van der Waals surface area (Å²) in [7, 11) is 0. The van der Waals surface area contributed by atoms with Crippen LogP contribution in [0.4, 0.5) is 0 Å². The summed E-state index contributed by atoms with van der Waals surface area (Å²) in [5.41, 5.74) is 2.45. The van der Waals surface area contributed by atoms with Gasteiger partial charge >= 0.3 is 5.63 Å². The van der Waals surface area contributed by atoms with E-state index in [0.717, 1.165) is 50.5 Å². The van der Waals surface area contributed by atoms with E-state index < -0.39 is 0 Å². The molecule has 1 saturated carbocycles. The number of rotatable bonds is 4. The zero-order valence-electron chi connectivity index (χ0n) is 19.2. The zero-order chi connectivity index (χ0) is 21.4. The lowest BCUT2D eigenvalue weighted by Gasteiger charge is -2.45. The topological polar surface area (TPSA) is 50.4 Å². The maximum absolute atomic E-state index is 12.1. The Morgan fingerprint density at radius 2 is 1.62 bits per heavy atom. The molecule has 3 rings (SSSR count).